The van der Waals surface area contributed by atoms with Crippen LogP contribution in [0, 0.1) is 0 Å². The third-order valence-corrected chi connectivity index (χ3v) is 5.78. The van der Waals surface area contributed by atoms with Crippen LogP contribution in [0.15, 0.2) is 84.9 Å². The molecule has 0 aliphatic rings. The van der Waals surface area contributed by atoms with Crippen LogP contribution in [0.5, 0.6) is 0 Å². The Hall–Kier alpha value is -2.12. The van der Waals surface area contributed by atoms with Crippen molar-refractivity contribution in [2.75, 3.05) is 0 Å². The maximum atomic E-state index is 2.43. The molecule has 0 aliphatic heterocycles. The van der Waals surface area contributed by atoms with Crippen LogP contribution < -0.4 is 0 Å². The Bertz CT molecular complexity index is 713. The maximum Gasteiger partial charge on any atom is 0.0487 e. The summed E-state index contributed by atoms with van der Waals surface area (Å²) >= 11 is 0. The lowest BCUT2D eigenvalue weighted by Crippen LogP contribution is -2.23. The summed E-state index contributed by atoms with van der Waals surface area (Å²) < 4.78 is 0. The monoisotopic (exact) mass is 330 g/mol. The Morgan fingerprint density at radius 2 is 1.00 bits per heavy atom. The summed E-state index contributed by atoms with van der Waals surface area (Å²) in [6.45, 7) is 7.28. The lowest BCUT2D eigenvalue weighted by molar-refractivity contribution is 0.975. The topological polar surface area (TPSA) is 0 Å². The van der Waals surface area contributed by atoms with Crippen molar-refractivity contribution in [1.82, 2.24) is 0 Å². The third kappa shape index (κ3) is 4.24. The van der Waals surface area contributed by atoms with E-state index in [0.717, 1.165) is 0 Å². The molecule has 0 atom stereocenters. The summed E-state index contributed by atoms with van der Waals surface area (Å²) in [7, 11) is -1.07. The van der Waals surface area contributed by atoms with E-state index in [-0.39, 0.29) is 0 Å². The van der Waals surface area contributed by atoms with Gasteiger partial charge in [0.15, 0.2) is 0 Å². The van der Waals surface area contributed by atoms with E-state index in [1.54, 1.807) is 0 Å². The highest BCUT2D eigenvalue weighted by molar-refractivity contribution is 6.75. The number of hydrogen-bond acceptors (Lipinski definition) is 0. The highest BCUT2D eigenvalue weighted by atomic mass is 28.3. The molecule has 0 unspecified atom stereocenters. The van der Waals surface area contributed by atoms with Crippen LogP contribution in [-0.2, 0) is 6.04 Å². The minimum absolute atomic E-state index is 0.299. The molecular weight excluding hydrogens is 304 g/mol. The zero-order chi connectivity index (χ0) is 17.0. The molecule has 0 aliphatic carbocycles. The van der Waals surface area contributed by atoms with Gasteiger partial charge in [-0.2, -0.15) is 0 Å². The van der Waals surface area contributed by atoms with Crippen molar-refractivity contribution >= 4 is 8.07 Å². The van der Waals surface area contributed by atoms with Crippen molar-refractivity contribution in [3.63, 3.8) is 0 Å². The maximum absolute atomic E-state index is 2.43. The molecule has 0 heterocycles. The first-order valence-corrected chi connectivity index (χ1v) is 12.4. The van der Waals surface area contributed by atoms with Crippen molar-refractivity contribution in [2.45, 2.75) is 31.6 Å². The van der Waals surface area contributed by atoms with Crippen molar-refractivity contribution < 1.29 is 0 Å². The first-order valence-electron chi connectivity index (χ1n) is 8.72. The van der Waals surface area contributed by atoms with Crippen LogP contribution in [-0.4, -0.2) is 8.07 Å². The molecular formula is C23H26Si. The van der Waals surface area contributed by atoms with Gasteiger partial charge in [-0.05, 0) is 22.7 Å². The van der Waals surface area contributed by atoms with Crippen LogP contribution in [0.25, 0.3) is 0 Å². The zero-order valence-electron chi connectivity index (χ0n) is 14.9. The van der Waals surface area contributed by atoms with Crippen LogP contribution in [0.3, 0.4) is 0 Å². The predicted octanol–water partition coefficient (Wildman–Crippen LogP) is 6.29. The molecule has 24 heavy (non-hydrogen) atoms. The van der Waals surface area contributed by atoms with E-state index >= 15 is 0 Å². The Labute approximate surface area is 147 Å². The second-order valence-electron chi connectivity index (χ2n) is 7.73. The van der Waals surface area contributed by atoms with Crippen molar-refractivity contribution in [2.24, 2.45) is 0 Å². The van der Waals surface area contributed by atoms with Crippen molar-refractivity contribution in [3.05, 3.63) is 107 Å². The summed E-state index contributed by atoms with van der Waals surface area (Å²) in [5.74, 6) is 0.299. The Morgan fingerprint density at radius 1 is 0.583 bits per heavy atom. The molecule has 3 rings (SSSR count). The number of hydrogen-bond donors (Lipinski definition) is 0. The molecule has 0 saturated carbocycles. The molecule has 3 aromatic carbocycles. The molecule has 0 radical (unpaired) electrons. The first kappa shape index (κ1) is 16.7. The quantitative estimate of drug-likeness (QED) is 0.381. The molecule has 122 valence electrons. The van der Waals surface area contributed by atoms with Gasteiger partial charge >= 0.3 is 0 Å². The highest BCUT2D eigenvalue weighted by Gasteiger charge is 2.17. The summed E-state index contributed by atoms with van der Waals surface area (Å²) in [5, 5.41) is 0. The molecule has 0 spiro atoms. The van der Waals surface area contributed by atoms with E-state index in [1.165, 1.54) is 28.3 Å². The Kier molecular flexibility index (Phi) is 5.01. The van der Waals surface area contributed by atoms with Crippen molar-refractivity contribution in [3.8, 4) is 0 Å². The minimum Gasteiger partial charge on any atom is -0.0693 e. The molecule has 0 aromatic heterocycles. The van der Waals surface area contributed by atoms with Gasteiger partial charge in [0.25, 0.3) is 0 Å². The molecule has 0 amide bonds. The fourth-order valence-corrected chi connectivity index (χ4v) is 4.77. The second-order valence-corrected chi connectivity index (χ2v) is 13.2. The van der Waals surface area contributed by atoms with E-state index in [9.17, 15) is 0 Å². The van der Waals surface area contributed by atoms with E-state index in [0.29, 0.717) is 5.92 Å². The molecule has 0 bridgehead atoms. The molecule has 3 aromatic rings. The molecule has 0 fully saturated rings. The van der Waals surface area contributed by atoms with Crippen molar-refractivity contribution in [1.29, 1.82) is 0 Å². The second kappa shape index (κ2) is 7.19. The van der Waals surface area contributed by atoms with Crippen LogP contribution in [0.4, 0.5) is 0 Å². The van der Waals surface area contributed by atoms with Gasteiger partial charge in [0, 0.05) is 14.0 Å². The standard InChI is InChI=1S/C23H26Si/c1-24(2,3)18-19-14-16-22(17-15-19)23(20-10-6-4-7-11-20)21-12-8-5-9-13-21/h4-17,23H,18H2,1-3H3. The molecule has 0 saturated heterocycles. The van der Waals surface area contributed by atoms with Gasteiger partial charge in [-0.15, -0.1) is 0 Å². The molecule has 0 N–H and O–H groups in total. The predicted molar refractivity (Wildman–Crippen MR) is 107 cm³/mol. The first-order chi connectivity index (χ1) is 11.5. The van der Waals surface area contributed by atoms with E-state index in [2.05, 4.69) is 105 Å². The van der Waals surface area contributed by atoms with Gasteiger partial charge in [0.2, 0.25) is 0 Å². The van der Waals surface area contributed by atoms with Gasteiger partial charge in [0.1, 0.15) is 0 Å². The van der Waals surface area contributed by atoms with Gasteiger partial charge in [-0.25, -0.2) is 0 Å². The molecule has 0 nitrogen and oxygen atoms in total. The van der Waals surface area contributed by atoms with Gasteiger partial charge in [-0.1, -0.05) is 110 Å². The lowest BCUT2D eigenvalue weighted by Gasteiger charge is -2.20. The number of rotatable bonds is 5. The van der Waals surface area contributed by atoms with E-state index in [1.807, 2.05) is 0 Å². The normalized spacial score (nSPS) is 11.7. The fraction of sp³-hybridized carbons (Fsp3) is 0.217. The summed E-state index contributed by atoms with van der Waals surface area (Å²) in [4.78, 5) is 0. The van der Waals surface area contributed by atoms with Gasteiger partial charge in [-0.3, -0.25) is 0 Å². The summed E-state index contributed by atoms with van der Waals surface area (Å²) in [5.41, 5.74) is 5.54. The number of benzene rings is 3. The minimum atomic E-state index is -1.07. The zero-order valence-corrected chi connectivity index (χ0v) is 15.9. The third-order valence-electron chi connectivity index (χ3n) is 4.31. The van der Waals surface area contributed by atoms with Crippen LogP contribution in [0.2, 0.25) is 19.6 Å². The van der Waals surface area contributed by atoms with E-state index < -0.39 is 8.07 Å². The van der Waals surface area contributed by atoms with E-state index in [4.69, 9.17) is 0 Å². The van der Waals surface area contributed by atoms with Crippen LogP contribution >= 0.6 is 0 Å². The smallest absolute Gasteiger partial charge is 0.0487 e. The average Bonchev–Trinajstić information content (AvgIpc) is 2.57. The summed E-state index contributed by atoms with van der Waals surface area (Å²) in [6.07, 6.45) is 0. The van der Waals surface area contributed by atoms with Gasteiger partial charge in [0.05, 0.1) is 0 Å². The van der Waals surface area contributed by atoms with Gasteiger partial charge < -0.3 is 0 Å². The largest absolute Gasteiger partial charge is 0.0693 e. The Balaban J connectivity index is 1.98. The lowest BCUT2D eigenvalue weighted by atomic mass is 9.85. The van der Waals surface area contributed by atoms with Crippen LogP contribution in [0.1, 0.15) is 28.2 Å². The average molecular weight is 331 g/mol. The highest BCUT2D eigenvalue weighted by Crippen LogP contribution is 2.32. The SMILES string of the molecule is C[Si](C)(C)Cc1ccc(C(c2ccccc2)c2ccccc2)cc1. The summed E-state index contributed by atoms with van der Waals surface area (Å²) in [6, 6.07) is 32.1. The Morgan fingerprint density at radius 3 is 1.42 bits per heavy atom. The fourth-order valence-electron chi connectivity index (χ4n) is 3.31. The molecule has 1 heteroatoms.